The van der Waals surface area contributed by atoms with E-state index < -0.39 is 19.3 Å². The van der Waals surface area contributed by atoms with Crippen molar-refractivity contribution in [1.29, 1.82) is 0 Å². The standard InChI is InChI=1S/C2HF5.CHF3/c3-1(4)2(5,6)7;2-1(3)4/h1H;1H. The van der Waals surface area contributed by atoms with Crippen molar-refractivity contribution in [3.63, 3.8) is 0 Å². The van der Waals surface area contributed by atoms with Gasteiger partial charge in [-0.2, -0.15) is 26.3 Å². The molecule has 0 fully saturated rings. The lowest BCUT2D eigenvalue weighted by Gasteiger charge is -2.00. The Hall–Kier alpha value is -0.560. The molecule has 0 N–H and O–H groups in total. The van der Waals surface area contributed by atoms with Gasteiger partial charge in [-0.15, -0.1) is 0 Å². The predicted octanol–water partition coefficient (Wildman–Crippen LogP) is 2.99. The van der Waals surface area contributed by atoms with E-state index in [0.29, 0.717) is 0 Å². The molecule has 0 atom stereocenters. The first kappa shape index (κ1) is 13.1. The van der Waals surface area contributed by atoms with Gasteiger partial charge in [0.25, 0.3) is 0 Å². The van der Waals surface area contributed by atoms with Gasteiger partial charge in [-0.25, -0.2) is 8.78 Å². The molecule has 0 saturated carbocycles. The van der Waals surface area contributed by atoms with Crippen LogP contribution in [0.2, 0.25) is 0 Å². The van der Waals surface area contributed by atoms with Gasteiger partial charge in [-0.3, -0.25) is 0 Å². The van der Waals surface area contributed by atoms with Crippen molar-refractivity contribution in [2.24, 2.45) is 0 Å². The van der Waals surface area contributed by atoms with E-state index in [1.165, 1.54) is 0 Å². The predicted molar refractivity (Wildman–Crippen MR) is 19.2 cm³/mol. The SMILES string of the molecule is FC(F)C(F)(F)F.FC(F)F. The van der Waals surface area contributed by atoms with Crippen molar-refractivity contribution < 1.29 is 35.1 Å². The molecule has 0 rings (SSSR count). The molecule has 70 valence electrons. The van der Waals surface area contributed by atoms with E-state index in [1.54, 1.807) is 0 Å². The minimum Gasteiger partial charge on any atom is -0.200 e. The lowest BCUT2D eigenvalue weighted by molar-refractivity contribution is -0.219. The van der Waals surface area contributed by atoms with Crippen molar-refractivity contribution in [3.05, 3.63) is 0 Å². The Balaban J connectivity index is 0. The van der Waals surface area contributed by atoms with E-state index >= 15 is 0 Å². The van der Waals surface area contributed by atoms with E-state index in [1.807, 2.05) is 0 Å². The molecule has 0 spiro atoms. The van der Waals surface area contributed by atoms with Crippen LogP contribution in [0.25, 0.3) is 0 Å². The van der Waals surface area contributed by atoms with Gasteiger partial charge < -0.3 is 0 Å². The van der Waals surface area contributed by atoms with Crippen LogP contribution >= 0.6 is 0 Å². The molecule has 0 aromatic carbocycles. The average molecular weight is 190 g/mol. The molecule has 0 bridgehead atoms. The summed E-state index contributed by atoms with van der Waals surface area (Å²) >= 11 is 0. The second kappa shape index (κ2) is 5.14. The van der Waals surface area contributed by atoms with Crippen LogP contribution in [0, 0.1) is 0 Å². The Kier molecular flexibility index (Phi) is 6.10. The molecule has 0 aliphatic carbocycles. The fourth-order valence-electron chi connectivity index (χ4n) is 0. The topological polar surface area (TPSA) is 0 Å². The Morgan fingerprint density at radius 3 is 0.818 bits per heavy atom. The largest absolute Gasteiger partial charge is 0.450 e. The number of halogens is 8. The molecule has 0 saturated heterocycles. The van der Waals surface area contributed by atoms with Crippen LogP contribution in [0.1, 0.15) is 0 Å². The van der Waals surface area contributed by atoms with Gasteiger partial charge in [0.2, 0.25) is 0 Å². The summed E-state index contributed by atoms with van der Waals surface area (Å²) in [6.45, 7) is -3.67. The van der Waals surface area contributed by atoms with Crippen LogP contribution in [-0.2, 0) is 0 Å². The van der Waals surface area contributed by atoms with Crippen molar-refractivity contribution in [2.45, 2.75) is 19.3 Å². The Morgan fingerprint density at radius 2 is 0.818 bits per heavy atom. The summed E-state index contributed by atoms with van der Waals surface area (Å²) in [7, 11) is 0. The second-order valence-corrected chi connectivity index (χ2v) is 1.09. The zero-order valence-electron chi connectivity index (χ0n) is 4.68. The van der Waals surface area contributed by atoms with Crippen LogP contribution in [0.4, 0.5) is 35.1 Å². The summed E-state index contributed by atoms with van der Waals surface area (Å²) in [4.78, 5) is 0. The molecule has 0 aliphatic rings. The monoisotopic (exact) mass is 190 g/mol. The molecular formula is C3H2F8. The van der Waals surface area contributed by atoms with Crippen molar-refractivity contribution >= 4 is 0 Å². The van der Waals surface area contributed by atoms with Crippen LogP contribution in [-0.4, -0.2) is 19.3 Å². The van der Waals surface area contributed by atoms with Gasteiger partial charge in [-0.1, -0.05) is 0 Å². The second-order valence-electron chi connectivity index (χ2n) is 1.09. The van der Waals surface area contributed by atoms with E-state index in [4.69, 9.17) is 0 Å². The van der Waals surface area contributed by atoms with E-state index in [9.17, 15) is 35.1 Å². The lowest BCUT2D eigenvalue weighted by Crippen LogP contribution is -2.18. The molecular weight excluding hydrogens is 188 g/mol. The number of rotatable bonds is 0. The molecule has 0 aromatic rings. The molecule has 8 heteroatoms. The van der Waals surface area contributed by atoms with Gasteiger partial charge in [0.15, 0.2) is 0 Å². The smallest absolute Gasteiger partial charge is 0.200 e. The molecule has 0 aliphatic heterocycles. The van der Waals surface area contributed by atoms with Gasteiger partial charge in [0, 0.05) is 0 Å². The quantitative estimate of drug-likeness (QED) is 0.515. The maximum Gasteiger partial charge on any atom is 0.450 e. The first-order valence-electron chi connectivity index (χ1n) is 1.95. The molecule has 11 heavy (non-hydrogen) atoms. The van der Waals surface area contributed by atoms with Crippen molar-refractivity contribution in [2.75, 3.05) is 0 Å². The van der Waals surface area contributed by atoms with Crippen LogP contribution < -0.4 is 0 Å². The zero-order chi connectivity index (χ0) is 9.65. The summed E-state index contributed by atoms with van der Waals surface area (Å²) < 4.78 is 81.1. The first-order chi connectivity index (χ1) is 4.68. The highest BCUT2D eigenvalue weighted by Crippen LogP contribution is 2.22. The summed E-state index contributed by atoms with van der Waals surface area (Å²) in [5.74, 6) is 0. The average Bonchev–Trinajstić information content (AvgIpc) is 1.59. The molecule has 0 aromatic heterocycles. The van der Waals surface area contributed by atoms with Crippen molar-refractivity contribution in [1.82, 2.24) is 0 Å². The molecule has 0 nitrogen and oxygen atoms in total. The maximum atomic E-state index is 10.4. The summed E-state index contributed by atoms with van der Waals surface area (Å²) in [6, 6.07) is 0. The van der Waals surface area contributed by atoms with Gasteiger partial charge in [-0.05, 0) is 0 Å². The third-order valence-corrected chi connectivity index (χ3v) is 0.247. The van der Waals surface area contributed by atoms with Crippen LogP contribution in [0.5, 0.6) is 0 Å². The number of hydrogen-bond acceptors (Lipinski definition) is 0. The fraction of sp³-hybridized carbons (Fsp3) is 1.00. The number of alkyl halides is 8. The highest BCUT2D eigenvalue weighted by Gasteiger charge is 2.40. The number of hydrogen-bond donors (Lipinski definition) is 0. The minimum absolute atomic E-state index is 3.67. The summed E-state index contributed by atoms with van der Waals surface area (Å²) in [6.07, 6.45) is -9.53. The van der Waals surface area contributed by atoms with E-state index in [2.05, 4.69) is 0 Å². The van der Waals surface area contributed by atoms with Gasteiger partial charge in [0.1, 0.15) is 0 Å². The van der Waals surface area contributed by atoms with E-state index in [0.717, 1.165) is 0 Å². The maximum absolute atomic E-state index is 10.4. The summed E-state index contributed by atoms with van der Waals surface area (Å²) in [5, 5.41) is 0. The zero-order valence-corrected chi connectivity index (χ0v) is 4.68. The third-order valence-electron chi connectivity index (χ3n) is 0.247. The molecule has 0 radical (unpaired) electrons. The summed E-state index contributed by atoms with van der Waals surface area (Å²) in [5.41, 5.74) is 0. The highest BCUT2D eigenvalue weighted by molar-refractivity contribution is 4.48. The molecule has 0 unspecified atom stereocenters. The molecule has 0 amide bonds. The third kappa shape index (κ3) is 17.7. The molecule has 0 heterocycles. The normalized spacial score (nSPS) is 11.5. The highest BCUT2D eigenvalue weighted by atomic mass is 19.4. The van der Waals surface area contributed by atoms with E-state index in [-0.39, 0.29) is 0 Å². The first-order valence-corrected chi connectivity index (χ1v) is 1.95. The van der Waals surface area contributed by atoms with Gasteiger partial charge >= 0.3 is 19.3 Å². The minimum atomic E-state index is -5.33. The Bertz CT molecular complexity index is 79.1. The fourth-order valence-corrected chi connectivity index (χ4v) is 0. The lowest BCUT2D eigenvalue weighted by atomic mass is 10.7. The van der Waals surface area contributed by atoms with Gasteiger partial charge in [0.05, 0.1) is 0 Å². The van der Waals surface area contributed by atoms with Crippen LogP contribution in [0.15, 0.2) is 0 Å². The van der Waals surface area contributed by atoms with Crippen molar-refractivity contribution in [3.8, 4) is 0 Å². The Labute approximate surface area is 55.8 Å². The van der Waals surface area contributed by atoms with Crippen LogP contribution in [0.3, 0.4) is 0 Å². The Morgan fingerprint density at radius 1 is 0.727 bits per heavy atom.